The van der Waals surface area contributed by atoms with Gasteiger partial charge >= 0.3 is 0 Å². The van der Waals surface area contributed by atoms with Gasteiger partial charge in [0.2, 0.25) is 5.95 Å². The summed E-state index contributed by atoms with van der Waals surface area (Å²) in [5.74, 6) is 1.11. The molecule has 0 radical (unpaired) electrons. The summed E-state index contributed by atoms with van der Waals surface area (Å²) in [5, 5.41) is 0. The third-order valence-corrected chi connectivity index (χ3v) is 5.47. The highest BCUT2D eigenvalue weighted by atomic mass is 15.4. The molecule has 0 N–H and O–H groups in total. The molecule has 0 aliphatic carbocycles. The number of hydrogen-bond acceptors (Lipinski definition) is 2. The Bertz CT molecular complexity index is 826. The molecule has 0 saturated carbocycles. The summed E-state index contributed by atoms with van der Waals surface area (Å²) in [5.41, 5.74) is 9.66. The standard InChI is InChI=1S/C23H33N3/c1-7-10-19(11-8-2)21-16(4)14-17(5)22(18(21)6)26-13-12-25-15-20(9-3)24-23(25)26/h10,14-15H,7-9,11-13H2,1-6H3. The molecule has 3 heteroatoms. The maximum Gasteiger partial charge on any atom is 0.210 e. The van der Waals surface area contributed by atoms with Gasteiger partial charge in [-0.05, 0) is 67.9 Å². The zero-order valence-electron chi connectivity index (χ0n) is 17.3. The highest BCUT2D eigenvalue weighted by molar-refractivity contribution is 5.79. The molecule has 1 aliphatic heterocycles. The zero-order chi connectivity index (χ0) is 18.8. The number of anilines is 2. The molecule has 2 aromatic rings. The molecule has 1 aromatic carbocycles. The lowest BCUT2D eigenvalue weighted by atomic mass is 9.89. The Morgan fingerprint density at radius 3 is 2.54 bits per heavy atom. The molecule has 0 bridgehead atoms. The van der Waals surface area contributed by atoms with Crippen LogP contribution in [0.2, 0.25) is 0 Å². The van der Waals surface area contributed by atoms with Crippen molar-refractivity contribution in [3.63, 3.8) is 0 Å². The van der Waals surface area contributed by atoms with E-state index >= 15 is 0 Å². The van der Waals surface area contributed by atoms with E-state index in [0.29, 0.717) is 0 Å². The minimum absolute atomic E-state index is 0.991. The Morgan fingerprint density at radius 2 is 1.88 bits per heavy atom. The first-order valence-corrected chi connectivity index (χ1v) is 10.2. The number of rotatable bonds is 6. The van der Waals surface area contributed by atoms with Crippen LogP contribution < -0.4 is 4.90 Å². The van der Waals surface area contributed by atoms with Gasteiger partial charge in [-0.25, -0.2) is 4.98 Å². The third-order valence-electron chi connectivity index (χ3n) is 5.47. The number of nitrogens with zero attached hydrogens (tertiary/aromatic N) is 3. The molecule has 0 unspecified atom stereocenters. The molecular weight excluding hydrogens is 318 g/mol. The summed E-state index contributed by atoms with van der Waals surface area (Å²) < 4.78 is 2.31. The summed E-state index contributed by atoms with van der Waals surface area (Å²) in [6.07, 6.45) is 9.04. The summed E-state index contributed by atoms with van der Waals surface area (Å²) >= 11 is 0. The van der Waals surface area contributed by atoms with Crippen molar-refractivity contribution in [2.45, 2.75) is 73.8 Å². The lowest BCUT2D eigenvalue weighted by molar-refractivity contribution is 0.794. The van der Waals surface area contributed by atoms with E-state index in [1.54, 1.807) is 0 Å². The highest BCUT2D eigenvalue weighted by Crippen LogP contribution is 2.40. The van der Waals surface area contributed by atoms with Gasteiger partial charge in [0.1, 0.15) is 0 Å². The average Bonchev–Trinajstić information content (AvgIpc) is 3.16. The van der Waals surface area contributed by atoms with Crippen LogP contribution >= 0.6 is 0 Å². The van der Waals surface area contributed by atoms with Crippen molar-refractivity contribution in [3.8, 4) is 0 Å². The Hall–Kier alpha value is -2.03. The fourth-order valence-electron chi connectivity index (χ4n) is 4.46. The van der Waals surface area contributed by atoms with Crippen molar-refractivity contribution in [3.05, 3.63) is 46.3 Å². The van der Waals surface area contributed by atoms with Gasteiger partial charge in [-0.3, -0.25) is 0 Å². The Morgan fingerprint density at radius 1 is 1.12 bits per heavy atom. The number of hydrogen-bond donors (Lipinski definition) is 0. The smallest absolute Gasteiger partial charge is 0.210 e. The predicted octanol–water partition coefficient (Wildman–Crippen LogP) is 6.12. The minimum Gasteiger partial charge on any atom is -0.315 e. The second kappa shape index (κ2) is 7.69. The average molecular weight is 352 g/mol. The van der Waals surface area contributed by atoms with Crippen molar-refractivity contribution in [1.29, 1.82) is 0 Å². The van der Waals surface area contributed by atoms with Crippen LogP contribution in [0.15, 0.2) is 18.3 Å². The van der Waals surface area contributed by atoms with Crippen LogP contribution in [0, 0.1) is 20.8 Å². The van der Waals surface area contributed by atoms with E-state index in [4.69, 9.17) is 4.98 Å². The largest absolute Gasteiger partial charge is 0.315 e. The number of fused-ring (bicyclic) bond motifs is 1. The van der Waals surface area contributed by atoms with E-state index in [1.807, 2.05) is 0 Å². The van der Waals surface area contributed by atoms with Crippen molar-refractivity contribution < 1.29 is 0 Å². The Kier molecular flexibility index (Phi) is 5.55. The summed E-state index contributed by atoms with van der Waals surface area (Å²) in [6.45, 7) is 15.5. The van der Waals surface area contributed by atoms with Gasteiger partial charge in [-0.15, -0.1) is 0 Å². The van der Waals surface area contributed by atoms with Crippen molar-refractivity contribution >= 4 is 17.2 Å². The molecule has 140 valence electrons. The molecule has 0 atom stereocenters. The number of allylic oxidation sites excluding steroid dienone is 2. The van der Waals surface area contributed by atoms with Gasteiger partial charge in [0.05, 0.1) is 11.4 Å². The molecule has 0 fully saturated rings. The van der Waals surface area contributed by atoms with Gasteiger partial charge in [-0.1, -0.05) is 39.3 Å². The first kappa shape index (κ1) is 18.8. The highest BCUT2D eigenvalue weighted by Gasteiger charge is 2.27. The van der Waals surface area contributed by atoms with Crippen LogP contribution in [0.4, 0.5) is 11.6 Å². The van der Waals surface area contributed by atoms with Crippen LogP contribution in [0.25, 0.3) is 5.57 Å². The molecule has 3 nitrogen and oxygen atoms in total. The SMILES string of the molecule is CCC=C(CCC)c1c(C)cc(C)c(N2CCn3cc(CC)nc32)c1C. The van der Waals surface area contributed by atoms with Crippen LogP contribution in [-0.4, -0.2) is 16.1 Å². The molecule has 3 rings (SSSR count). The monoisotopic (exact) mass is 351 g/mol. The maximum atomic E-state index is 4.89. The van der Waals surface area contributed by atoms with Gasteiger partial charge in [0.25, 0.3) is 0 Å². The lowest BCUT2D eigenvalue weighted by Gasteiger charge is -2.26. The molecule has 26 heavy (non-hydrogen) atoms. The van der Waals surface area contributed by atoms with Crippen LogP contribution in [0.1, 0.15) is 68.0 Å². The predicted molar refractivity (Wildman–Crippen MR) is 112 cm³/mol. The normalized spacial score (nSPS) is 14.2. The molecule has 1 aliphatic rings. The number of benzene rings is 1. The third kappa shape index (κ3) is 3.20. The molecule has 1 aromatic heterocycles. The van der Waals surface area contributed by atoms with Crippen molar-refractivity contribution in [2.75, 3.05) is 11.4 Å². The summed E-state index contributed by atoms with van der Waals surface area (Å²) in [6, 6.07) is 2.36. The van der Waals surface area contributed by atoms with Crippen molar-refractivity contribution in [2.24, 2.45) is 0 Å². The van der Waals surface area contributed by atoms with Crippen LogP contribution in [0.3, 0.4) is 0 Å². The summed E-state index contributed by atoms with van der Waals surface area (Å²) in [4.78, 5) is 7.33. The van der Waals surface area contributed by atoms with Crippen LogP contribution in [-0.2, 0) is 13.0 Å². The lowest BCUT2D eigenvalue weighted by Crippen LogP contribution is -2.18. The Labute approximate surface area is 158 Å². The number of imidazole rings is 1. The molecular formula is C23H33N3. The second-order valence-corrected chi connectivity index (χ2v) is 7.48. The molecule has 0 spiro atoms. The molecule has 0 saturated heterocycles. The van der Waals surface area contributed by atoms with E-state index in [1.165, 1.54) is 45.6 Å². The molecule has 2 heterocycles. The Balaban J connectivity index is 2.14. The first-order chi connectivity index (χ1) is 12.5. The maximum absolute atomic E-state index is 4.89. The minimum atomic E-state index is 0.991. The van der Waals surface area contributed by atoms with E-state index < -0.39 is 0 Å². The first-order valence-electron chi connectivity index (χ1n) is 10.2. The van der Waals surface area contributed by atoms with Gasteiger partial charge in [-0.2, -0.15) is 0 Å². The van der Waals surface area contributed by atoms with Crippen molar-refractivity contribution in [1.82, 2.24) is 9.55 Å². The summed E-state index contributed by atoms with van der Waals surface area (Å²) in [7, 11) is 0. The quantitative estimate of drug-likeness (QED) is 0.625. The topological polar surface area (TPSA) is 21.1 Å². The van der Waals surface area contributed by atoms with Crippen LogP contribution in [0.5, 0.6) is 0 Å². The fourth-order valence-corrected chi connectivity index (χ4v) is 4.46. The zero-order valence-corrected chi connectivity index (χ0v) is 17.3. The van der Waals surface area contributed by atoms with Gasteiger partial charge < -0.3 is 9.47 Å². The number of aromatic nitrogens is 2. The number of aryl methyl sites for hydroxylation is 3. The van der Waals surface area contributed by atoms with E-state index in [9.17, 15) is 0 Å². The molecule has 0 amide bonds. The van der Waals surface area contributed by atoms with Gasteiger partial charge in [0, 0.05) is 19.3 Å². The van der Waals surface area contributed by atoms with Gasteiger partial charge in [0.15, 0.2) is 0 Å². The van der Waals surface area contributed by atoms with E-state index in [-0.39, 0.29) is 0 Å². The fraction of sp³-hybridized carbons (Fsp3) is 0.522. The van der Waals surface area contributed by atoms with E-state index in [0.717, 1.165) is 38.3 Å². The van der Waals surface area contributed by atoms with E-state index in [2.05, 4.69) is 69.3 Å². The second-order valence-electron chi connectivity index (χ2n) is 7.48.